The Morgan fingerprint density at radius 2 is 2.46 bits per heavy atom. The van der Waals surface area contributed by atoms with Crippen LogP contribution in [0.4, 0.5) is 11.5 Å². The van der Waals surface area contributed by atoms with Gasteiger partial charge in [-0.25, -0.2) is 4.98 Å². The van der Waals surface area contributed by atoms with Gasteiger partial charge in [-0.1, -0.05) is 0 Å². The molecule has 0 fully saturated rings. The van der Waals surface area contributed by atoms with Gasteiger partial charge in [-0.2, -0.15) is 0 Å². The van der Waals surface area contributed by atoms with Gasteiger partial charge in [-0.3, -0.25) is 10.1 Å². The Balaban J connectivity index is 3.10. The molecule has 1 aromatic rings. The number of nitro groups is 1. The fourth-order valence-corrected chi connectivity index (χ4v) is 1.19. The molecular formula is C7H8BrN3O2. The van der Waals surface area contributed by atoms with Crippen LogP contribution < -0.4 is 5.32 Å². The van der Waals surface area contributed by atoms with E-state index in [0.717, 1.165) is 0 Å². The number of anilines is 1. The van der Waals surface area contributed by atoms with Crippen LogP contribution >= 0.6 is 15.9 Å². The van der Waals surface area contributed by atoms with Crippen LogP contribution in [0.2, 0.25) is 0 Å². The Morgan fingerprint density at radius 1 is 1.77 bits per heavy atom. The van der Waals surface area contributed by atoms with Crippen molar-refractivity contribution < 1.29 is 4.92 Å². The van der Waals surface area contributed by atoms with Crippen molar-refractivity contribution in [2.45, 2.75) is 6.92 Å². The Kier molecular flexibility index (Phi) is 3.18. The molecule has 0 aromatic carbocycles. The van der Waals surface area contributed by atoms with E-state index in [4.69, 9.17) is 0 Å². The van der Waals surface area contributed by atoms with Crippen LogP contribution in [0.5, 0.6) is 0 Å². The number of nitrogens with zero attached hydrogens (tertiary/aromatic N) is 2. The third kappa shape index (κ3) is 2.38. The van der Waals surface area contributed by atoms with E-state index >= 15 is 0 Å². The molecule has 0 bridgehead atoms. The second-order valence-electron chi connectivity index (χ2n) is 2.31. The maximum Gasteiger partial charge on any atom is 0.312 e. The zero-order valence-electron chi connectivity index (χ0n) is 6.95. The number of halogens is 1. The Hall–Kier alpha value is -1.17. The van der Waals surface area contributed by atoms with E-state index in [1.165, 1.54) is 12.3 Å². The average Bonchev–Trinajstić information content (AvgIpc) is 2.08. The van der Waals surface area contributed by atoms with Gasteiger partial charge >= 0.3 is 5.69 Å². The first-order valence-corrected chi connectivity index (χ1v) is 4.48. The van der Waals surface area contributed by atoms with E-state index in [1.807, 2.05) is 6.92 Å². The number of hydrogen-bond acceptors (Lipinski definition) is 4. The lowest BCUT2D eigenvalue weighted by Gasteiger charge is -2.02. The monoisotopic (exact) mass is 245 g/mol. The van der Waals surface area contributed by atoms with Crippen LogP contribution in [-0.2, 0) is 0 Å². The van der Waals surface area contributed by atoms with E-state index in [1.54, 1.807) is 0 Å². The first-order valence-electron chi connectivity index (χ1n) is 3.69. The highest BCUT2D eigenvalue weighted by Gasteiger charge is 2.14. The topological polar surface area (TPSA) is 68.1 Å². The van der Waals surface area contributed by atoms with Crippen LogP contribution in [0, 0.1) is 10.1 Å². The van der Waals surface area contributed by atoms with E-state index in [-0.39, 0.29) is 5.69 Å². The number of rotatable bonds is 3. The Morgan fingerprint density at radius 3 is 3.00 bits per heavy atom. The molecule has 0 aliphatic rings. The average molecular weight is 246 g/mol. The lowest BCUT2D eigenvalue weighted by molar-refractivity contribution is -0.384. The molecule has 1 N–H and O–H groups in total. The van der Waals surface area contributed by atoms with Crippen molar-refractivity contribution in [3.05, 3.63) is 26.9 Å². The number of aromatic nitrogens is 1. The highest BCUT2D eigenvalue weighted by molar-refractivity contribution is 9.10. The molecule has 6 heteroatoms. The van der Waals surface area contributed by atoms with Crippen molar-refractivity contribution in [2.24, 2.45) is 0 Å². The molecule has 1 heterocycles. The first kappa shape index (κ1) is 9.91. The molecule has 1 rings (SSSR count). The maximum absolute atomic E-state index is 10.6. The number of pyridine rings is 1. The van der Waals surface area contributed by atoms with Gasteiger partial charge in [-0.05, 0) is 22.9 Å². The van der Waals surface area contributed by atoms with Crippen LogP contribution in [0.15, 0.2) is 16.7 Å². The lowest BCUT2D eigenvalue weighted by atomic mass is 10.4. The summed E-state index contributed by atoms with van der Waals surface area (Å²) in [7, 11) is 0. The van der Waals surface area contributed by atoms with Gasteiger partial charge in [-0.15, -0.1) is 0 Å². The minimum atomic E-state index is -0.463. The van der Waals surface area contributed by atoms with Crippen molar-refractivity contribution in [3.63, 3.8) is 0 Å². The van der Waals surface area contributed by atoms with Crippen molar-refractivity contribution in [2.75, 3.05) is 11.9 Å². The zero-order chi connectivity index (χ0) is 9.84. The summed E-state index contributed by atoms with van der Waals surface area (Å²) >= 11 is 3.12. The predicted molar refractivity (Wildman–Crippen MR) is 52.8 cm³/mol. The van der Waals surface area contributed by atoms with Gasteiger partial charge in [0, 0.05) is 23.3 Å². The molecule has 0 unspecified atom stereocenters. The third-order valence-electron chi connectivity index (χ3n) is 1.38. The van der Waals surface area contributed by atoms with Gasteiger partial charge < -0.3 is 5.32 Å². The Labute approximate surface area is 83.5 Å². The summed E-state index contributed by atoms with van der Waals surface area (Å²) in [5, 5.41) is 13.4. The summed E-state index contributed by atoms with van der Waals surface area (Å²) in [4.78, 5) is 14.0. The normalized spacial score (nSPS) is 9.69. The molecule has 0 amide bonds. The standard InChI is InChI=1S/C7H8BrN3O2/c1-2-9-7-6(11(12)13)3-5(8)4-10-7/h3-4H,2H2,1H3,(H,9,10). The van der Waals surface area contributed by atoms with E-state index in [0.29, 0.717) is 16.8 Å². The first-order chi connectivity index (χ1) is 6.15. The second kappa shape index (κ2) is 4.18. The molecular weight excluding hydrogens is 238 g/mol. The van der Waals surface area contributed by atoms with Gasteiger partial charge in [0.25, 0.3) is 0 Å². The maximum atomic E-state index is 10.6. The largest absolute Gasteiger partial charge is 0.365 e. The van der Waals surface area contributed by atoms with E-state index < -0.39 is 4.92 Å². The van der Waals surface area contributed by atoms with Gasteiger partial charge in [0.15, 0.2) is 0 Å². The van der Waals surface area contributed by atoms with E-state index in [9.17, 15) is 10.1 Å². The SMILES string of the molecule is CCNc1ncc(Br)cc1[N+](=O)[O-]. The number of hydrogen-bond donors (Lipinski definition) is 1. The summed E-state index contributed by atoms with van der Waals surface area (Å²) < 4.78 is 0.598. The predicted octanol–water partition coefficient (Wildman–Crippen LogP) is 2.18. The van der Waals surface area contributed by atoms with Crippen LogP contribution in [0.3, 0.4) is 0 Å². The van der Waals surface area contributed by atoms with Crippen LogP contribution in [0.25, 0.3) is 0 Å². The van der Waals surface area contributed by atoms with Gasteiger partial charge in [0.05, 0.1) is 4.92 Å². The molecule has 0 aliphatic carbocycles. The minimum absolute atomic E-state index is 0.0174. The third-order valence-corrected chi connectivity index (χ3v) is 1.81. The summed E-state index contributed by atoms with van der Waals surface area (Å²) in [5.41, 5.74) is -0.0174. The van der Waals surface area contributed by atoms with Crippen LogP contribution in [-0.4, -0.2) is 16.5 Å². The van der Waals surface area contributed by atoms with Crippen molar-refractivity contribution in [1.29, 1.82) is 0 Å². The molecule has 13 heavy (non-hydrogen) atoms. The van der Waals surface area contributed by atoms with Crippen molar-refractivity contribution in [1.82, 2.24) is 4.98 Å². The molecule has 0 saturated carbocycles. The zero-order valence-corrected chi connectivity index (χ0v) is 8.54. The van der Waals surface area contributed by atoms with Gasteiger partial charge in [0.1, 0.15) is 0 Å². The molecule has 1 aromatic heterocycles. The molecule has 0 aliphatic heterocycles. The quantitative estimate of drug-likeness (QED) is 0.655. The summed E-state index contributed by atoms with van der Waals surface area (Å²) in [6.07, 6.45) is 1.52. The minimum Gasteiger partial charge on any atom is -0.365 e. The smallest absolute Gasteiger partial charge is 0.312 e. The van der Waals surface area contributed by atoms with Gasteiger partial charge in [0.2, 0.25) is 5.82 Å². The fourth-order valence-electron chi connectivity index (χ4n) is 0.871. The molecule has 5 nitrogen and oxygen atoms in total. The summed E-state index contributed by atoms with van der Waals surface area (Å²) in [5.74, 6) is 0.302. The highest BCUT2D eigenvalue weighted by Crippen LogP contribution is 2.24. The molecule has 0 spiro atoms. The van der Waals surface area contributed by atoms with Crippen molar-refractivity contribution in [3.8, 4) is 0 Å². The summed E-state index contributed by atoms with van der Waals surface area (Å²) in [6, 6.07) is 1.42. The molecule has 0 saturated heterocycles. The molecule has 0 radical (unpaired) electrons. The molecule has 0 atom stereocenters. The van der Waals surface area contributed by atoms with E-state index in [2.05, 4.69) is 26.2 Å². The highest BCUT2D eigenvalue weighted by atomic mass is 79.9. The fraction of sp³-hybridized carbons (Fsp3) is 0.286. The molecule has 70 valence electrons. The van der Waals surface area contributed by atoms with Crippen molar-refractivity contribution >= 4 is 27.4 Å². The lowest BCUT2D eigenvalue weighted by Crippen LogP contribution is -2.03. The number of nitrogens with one attached hydrogen (secondary N) is 1. The Bertz CT molecular complexity index is 330. The second-order valence-corrected chi connectivity index (χ2v) is 3.22. The summed E-state index contributed by atoms with van der Waals surface area (Å²) in [6.45, 7) is 2.46. The van der Waals surface area contributed by atoms with Crippen LogP contribution in [0.1, 0.15) is 6.92 Å².